The summed E-state index contributed by atoms with van der Waals surface area (Å²) >= 11 is 0. The molecule has 8 nitrogen and oxygen atoms in total. The van der Waals surface area contributed by atoms with E-state index < -0.39 is 26.3 Å². The molecule has 0 radical (unpaired) electrons. The Morgan fingerprint density at radius 1 is 1.35 bits per heavy atom. The number of carboxylic acids is 1. The molecule has 1 aliphatic rings. The Morgan fingerprint density at radius 3 is 2.30 bits per heavy atom. The van der Waals surface area contributed by atoms with Gasteiger partial charge in [0.1, 0.15) is 0 Å². The number of sulfonamides is 1. The van der Waals surface area contributed by atoms with Crippen molar-refractivity contribution in [3.05, 3.63) is 34.4 Å². The molecular weight excluding hydrogens is 288 g/mol. The molecule has 20 heavy (non-hydrogen) atoms. The minimum atomic E-state index is -3.87. The van der Waals surface area contributed by atoms with E-state index >= 15 is 0 Å². The molecule has 1 fully saturated rings. The molecule has 2 N–H and O–H groups in total. The highest BCUT2D eigenvalue weighted by Gasteiger charge is 2.50. The predicted octanol–water partition coefficient (Wildman–Crippen LogP) is 0.738. The van der Waals surface area contributed by atoms with E-state index in [0.29, 0.717) is 12.8 Å². The molecule has 1 aromatic rings. The molecule has 0 heterocycles. The summed E-state index contributed by atoms with van der Waals surface area (Å²) in [4.78, 5) is 20.7. The van der Waals surface area contributed by atoms with Gasteiger partial charge >= 0.3 is 5.97 Å². The second kappa shape index (κ2) is 4.84. The van der Waals surface area contributed by atoms with Crippen LogP contribution in [0, 0.1) is 15.5 Å². The quantitative estimate of drug-likeness (QED) is 0.589. The molecule has 1 saturated carbocycles. The van der Waals surface area contributed by atoms with Gasteiger partial charge in [-0.1, -0.05) is 0 Å². The van der Waals surface area contributed by atoms with Gasteiger partial charge in [0, 0.05) is 18.7 Å². The standard InChI is InChI=1S/C11H12N2O6S/c14-10(15)11(5-6-11)7-12-20(18,19)9-3-1-8(2-4-9)13(16)17/h1-4,12H,5-7H2,(H,14,15). The Kier molecular flexibility index (Phi) is 3.48. The minimum absolute atomic E-state index is 0.135. The van der Waals surface area contributed by atoms with E-state index in [1.165, 1.54) is 0 Å². The van der Waals surface area contributed by atoms with Crippen LogP contribution in [0.4, 0.5) is 5.69 Å². The maximum atomic E-state index is 11.9. The zero-order valence-electron chi connectivity index (χ0n) is 10.3. The van der Waals surface area contributed by atoms with Gasteiger partial charge in [-0.3, -0.25) is 14.9 Å². The van der Waals surface area contributed by atoms with Crippen molar-refractivity contribution in [3.63, 3.8) is 0 Å². The molecule has 0 unspecified atom stereocenters. The number of aliphatic carboxylic acids is 1. The van der Waals surface area contributed by atoms with Crippen LogP contribution in [0.3, 0.4) is 0 Å². The monoisotopic (exact) mass is 300 g/mol. The summed E-state index contributed by atoms with van der Waals surface area (Å²) in [5.41, 5.74) is -1.22. The third-order valence-corrected chi connectivity index (χ3v) is 4.68. The van der Waals surface area contributed by atoms with Crippen LogP contribution in [0.1, 0.15) is 12.8 Å². The number of nitro benzene ring substituents is 1. The fourth-order valence-electron chi connectivity index (χ4n) is 1.68. The van der Waals surface area contributed by atoms with Gasteiger partial charge in [0.25, 0.3) is 5.69 Å². The lowest BCUT2D eigenvalue weighted by atomic mass is 10.1. The minimum Gasteiger partial charge on any atom is -0.481 e. The summed E-state index contributed by atoms with van der Waals surface area (Å²) in [6.45, 7) is -0.179. The third-order valence-electron chi connectivity index (χ3n) is 3.27. The number of benzene rings is 1. The number of rotatable bonds is 6. The van der Waals surface area contributed by atoms with E-state index in [2.05, 4.69) is 4.72 Å². The Bertz CT molecular complexity index is 648. The summed E-state index contributed by atoms with van der Waals surface area (Å²) in [6, 6.07) is 4.39. The maximum absolute atomic E-state index is 11.9. The summed E-state index contributed by atoms with van der Waals surface area (Å²) in [6.07, 6.45) is 0.871. The SMILES string of the molecule is O=C(O)C1(CNS(=O)(=O)c2ccc([N+](=O)[O-])cc2)CC1. The molecule has 1 aromatic carbocycles. The molecule has 108 valence electrons. The highest BCUT2D eigenvalue weighted by molar-refractivity contribution is 7.89. The summed E-state index contributed by atoms with van der Waals surface area (Å²) in [7, 11) is -3.87. The molecule has 0 aromatic heterocycles. The number of nitrogens with zero attached hydrogens (tertiary/aromatic N) is 1. The molecular formula is C11H12N2O6S. The number of non-ortho nitro benzene ring substituents is 1. The molecule has 0 saturated heterocycles. The van der Waals surface area contributed by atoms with Gasteiger partial charge in [0.2, 0.25) is 10.0 Å². The third kappa shape index (κ3) is 2.78. The van der Waals surface area contributed by atoms with Crippen LogP contribution in [0.5, 0.6) is 0 Å². The summed E-state index contributed by atoms with van der Waals surface area (Å²) in [5.74, 6) is -1.02. The molecule has 0 spiro atoms. The molecule has 2 rings (SSSR count). The fourth-order valence-corrected chi connectivity index (χ4v) is 2.81. The second-order valence-electron chi connectivity index (χ2n) is 4.66. The van der Waals surface area contributed by atoms with Crippen LogP contribution in [0.25, 0.3) is 0 Å². The van der Waals surface area contributed by atoms with Crippen molar-refractivity contribution in [2.24, 2.45) is 5.41 Å². The fraction of sp³-hybridized carbons (Fsp3) is 0.364. The average molecular weight is 300 g/mol. The Hall–Kier alpha value is -2.00. The first-order valence-corrected chi connectivity index (χ1v) is 7.23. The van der Waals surface area contributed by atoms with Crippen molar-refractivity contribution in [2.45, 2.75) is 17.7 Å². The Morgan fingerprint density at radius 2 is 1.90 bits per heavy atom. The lowest BCUT2D eigenvalue weighted by Crippen LogP contribution is -2.34. The van der Waals surface area contributed by atoms with Crippen molar-refractivity contribution in [2.75, 3.05) is 6.54 Å². The molecule has 1 aliphatic carbocycles. The topological polar surface area (TPSA) is 127 Å². The first-order chi connectivity index (χ1) is 9.27. The van der Waals surface area contributed by atoms with E-state index in [4.69, 9.17) is 5.11 Å². The van der Waals surface area contributed by atoms with Gasteiger partial charge in [0.05, 0.1) is 15.2 Å². The van der Waals surface area contributed by atoms with Gasteiger partial charge in [-0.2, -0.15) is 0 Å². The van der Waals surface area contributed by atoms with Crippen LogP contribution in [-0.4, -0.2) is 31.0 Å². The van der Waals surface area contributed by atoms with Crippen LogP contribution in [-0.2, 0) is 14.8 Å². The van der Waals surface area contributed by atoms with Crippen LogP contribution >= 0.6 is 0 Å². The first-order valence-electron chi connectivity index (χ1n) is 5.74. The summed E-state index contributed by atoms with van der Waals surface area (Å²) < 4.78 is 26.1. The Labute approximate surface area is 114 Å². The lowest BCUT2D eigenvalue weighted by Gasteiger charge is -2.11. The van der Waals surface area contributed by atoms with Crippen molar-refractivity contribution in [1.29, 1.82) is 0 Å². The zero-order valence-corrected chi connectivity index (χ0v) is 11.1. The number of nitro groups is 1. The van der Waals surface area contributed by atoms with Crippen LogP contribution in [0.15, 0.2) is 29.2 Å². The zero-order chi connectivity index (χ0) is 15.0. The largest absolute Gasteiger partial charge is 0.481 e. The highest BCUT2D eigenvalue weighted by atomic mass is 32.2. The number of nitrogens with one attached hydrogen (secondary N) is 1. The number of carboxylic acid groups (broad SMARTS) is 1. The number of hydrogen-bond acceptors (Lipinski definition) is 5. The number of hydrogen-bond donors (Lipinski definition) is 2. The van der Waals surface area contributed by atoms with E-state index in [-0.39, 0.29) is 17.1 Å². The van der Waals surface area contributed by atoms with Gasteiger partial charge in [-0.25, -0.2) is 13.1 Å². The number of carbonyl (C=O) groups is 1. The maximum Gasteiger partial charge on any atom is 0.310 e. The van der Waals surface area contributed by atoms with E-state index in [9.17, 15) is 23.3 Å². The molecule has 0 aliphatic heterocycles. The van der Waals surface area contributed by atoms with E-state index in [1.54, 1.807) is 0 Å². The van der Waals surface area contributed by atoms with Gasteiger partial charge in [0.15, 0.2) is 0 Å². The molecule has 0 atom stereocenters. The second-order valence-corrected chi connectivity index (χ2v) is 6.43. The van der Waals surface area contributed by atoms with Crippen molar-refractivity contribution < 1.29 is 23.2 Å². The van der Waals surface area contributed by atoms with E-state index in [1.807, 2.05) is 0 Å². The van der Waals surface area contributed by atoms with E-state index in [0.717, 1.165) is 24.3 Å². The highest BCUT2D eigenvalue weighted by Crippen LogP contribution is 2.45. The average Bonchev–Trinajstić information content (AvgIpc) is 3.18. The summed E-state index contributed by atoms with van der Waals surface area (Å²) in [5, 5.41) is 19.4. The molecule has 0 bridgehead atoms. The smallest absolute Gasteiger partial charge is 0.310 e. The van der Waals surface area contributed by atoms with Gasteiger partial charge in [-0.05, 0) is 25.0 Å². The van der Waals surface area contributed by atoms with Gasteiger partial charge < -0.3 is 5.11 Å². The normalized spacial score (nSPS) is 16.6. The first kappa shape index (κ1) is 14.4. The van der Waals surface area contributed by atoms with Crippen molar-refractivity contribution >= 4 is 21.7 Å². The van der Waals surface area contributed by atoms with Gasteiger partial charge in [-0.15, -0.1) is 0 Å². The van der Waals surface area contributed by atoms with Crippen molar-refractivity contribution in [3.8, 4) is 0 Å². The van der Waals surface area contributed by atoms with Crippen molar-refractivity contribution in [1.82, 2.24) is 4.72 Å². The molecule has 9 heteroatoms. The molecule has 0 amide bonds. The van der Waals surface area contributed by atoms with Crippen LogP contribution < -0.4 is 4.72 Å². The Balaban J connectivity index is 2.10. The predicted molar refractivity (Wildman–Crippen MR) is 67.6 cm³/mol. The lowest BCUT2D eigenvalue weighted by molar-refractivity contribution is -0.384. The van der Waals surface area contributed by atoms with Crippen LogP contribution in [0.2, 0.25) is 0 Å².